The second-order valence-corrected chi connectivity index (χ2v) is 11.0. The van der Waals surface area contributed by atoms with Crippen molar-refractivity contribution in [3.63, 3.8) is 0 Å². The third-order valence-corrected chi connectivity index (χ3v) is 7.96. The molecule has 2 saturated carbocycles. The van der Waals surface area contributed by atoms with E-state index in [1.165, 1.54) is 51.3 Å². The number of aliphatic carboxylic acids is 1. The van der Waals surface area contributed by atoms with Crippen molar-refractivity contribution in [3.8, 4) is 0 Å². The zero-order valence-electron chi connectivity index (χ0n) is 22.7. The maximum atomic E-state index is 13.1. The maximum Gasteiger partial charge on any atom is 0.303 e. The molecule has 3 N–H and O–H groups in total. The minimum atomic E-state index is -1.46. The van der Waals surface area contributed by atoms with E-state index in [0.717, 1.165) is 23.8 Å². The molecule has 2 aromatic rings. The van der Waals surface area contributed by atoms with Crippen molar-refractivity contribution in [2.45, 2.75) is 89.5 Å². The van der Waals surface area contributed by atoms with Crippen LogP contribution in [0.15, 0.2) is 35.5 Å². The van der Waals surface area contributed by atoms with Crippen molar-refractivity contribution >= 4 is 34.4 Å². The minimum Gasteiger partial charge on any atom is -0.481 e. The number of aryl methyl sites for hydroxylation is 1. The first kappa shape index (κ1) is 29.7. The van der Waals surface area contributed by atoms with Crippen LogP contribution in [0.4, 0.5) is 11.5 Å². The third-order valence-electron chi connectivity index (χ3n) is 6.81. The van der Waals surface area contributed by atoms with Crippen LogP contribution in [0.5, 0.6) is 0 Å². The molecule has 0 saturated heterocycles. The summed E-state index contributed by atoms with van der Waals surface area (Å²) in [5.41, 5.74) is 1.71. The van der Waals surface area contributed by atoms with E-state index in [4.69, 9.17) is 5.11 Å². The van der Waals surface area contributed by atoms with Crippen LogP contribution >= 0.6 is 0 Å². The van der Waals surface area contributed by atoms with Gasteiger partial charge in [-0.15, -0.1) is 0 Å². The number of carboxylic acids is 1. The van der Waals surface area contributed by atoms with Crippen molar-refractivity contribution < 1.29 is 18.9 Å². The Morgan fingerprint density at radius 3 is 2.47 bits per heavy atom. The van der Waals surface area contributed by atoms with Crippen molar-refractivity contribution in [3.05, 3.63) is 41.9 Å². The van der Waals surface area contributed by atoms with Crippen molar-refractivity contribution in [1.82, 2.24) is 14.7 Å². The molecule has 1 aromatic heterocycles. The summed E-state index contributed by atoms with van der Waals surface area (Å²) in [5, 5.41) is 11.6. The summed E-state index contributed by atoms with van der Waals surface area (Å²) in [6.45, 7) is 7.17. The molecule has 0 aliphatic heterocycles. The summed E-state index contributed by atoms with van der Waals surface area (Å²) in [6, 6.07) is 7.43. The monoisotopic (exact) mass is 543 g/mol. The number of nitrogens with one attached hydrogen (secondary N) is 2. The number of aromatic nitrogens is 2. The Morgan fingerprint density at radius 2 is 1.82 bits per heavy atom. The fraction of sp³-hybridized carbons (Fsp3) is 0.571. The van der Waals surface area contributed by atoms with E-state index >= 15 is 0 Å². The van der Waals surface area contributed by atoms with Gasteiger partial charge in [0.05, 0.1) is 4.90 Å². The van der Waals surface area contributed by atoms with Crippen LogP contribution in [0, 0.1) is 12.8 Å². The van der Waals surface area contributed by atoms with Gasteiger partial charge in [0, 0.05) is 37.3 Å². The molecule has 2 aliphatic rings. The number of rotatable bonds is 12. The third kappa shape index (κ3) is 8.87. The lowest BCUT2D eigenvalue weighted by Gasteiger charge is -2.35. The van der Waals surface area contributed by atoms with E-state index in [0.29, 0.717) is 35.3 Å². The Morgan fingerprint density at radius 1 is 1.08 bits per heavy atom. The molecule has 0 spiro atoms. The quantitative estimate of drug-likeness (QED) is 0.319. The van der Waals surface area contributed by atoms with Crippen LogP contribution in [-0.4, -0.2) is 50.3 Å². The second-order valence-electron chi connectivity index (χ2n) is 9.74. The van der Waals surface area contributed by atoms with E-state index in [2.05, 4.69) is 24.9 Å². The SMILES string of the molecule is CC.Cc1cc(S(=O)NCCCC(=O)O)ccc1NC(=O)c1cc(N(CC2CC2)C2CCCCC2)ncn1. The lowest BCUT2D eigenvalue weighted by atomic mass is 9.94. The van der Waals surface area contributed by atoms with Crippen LogP contribution in [0.1, 0.15) is 87.7 Å². The number of nitrogens with zero attached hydrogens (tertiary/aromatic N) is 3. The highest BCUT2D eigenvalue weighted by Gasteiger charge is 2.30. The summed E-state index contributed by atoms with van der Waals surface area (Å²) >= 11 is 0. The summed E-state index contributed by atoms with van der Waals surface area (Å²) in [6.07, 6.45) is 10.5. The summed E-state index contributed by atoms with van der Waals surface area (Å²) in [5.74, 6) is 0.360. The van der Waals surface area contributed by atoms with Gasteiger partial charge in [0.2, 0.25) is 0 Å². The van der Waals surface area contributed by atoms with Gasteiger partial charge in [0.1, 0.15) is 28.8 Å². The summed E-state index contributed by atoms with van der Waals surface area (Å²) in [7, 11) is -1.46. The lowest BCUT2D eigenvalue weighted by molar-refractivity contribution is -0.137. The van der Waals surface area contributed by atoms with Gasteiger partial charge in [-0.1, -0.05) is 33.1 Å². The Balaban J connectivity index is 0.00000195. The smallest absolute Gasteiger partial charge is 0.303 e. The highest BCUT2D eigenvalue weighted by Crippen LogP contribution is 2.34. The topological polar surface area (TPSA) is 125 Å². The minimum absolute atomic E-state index is 0.0257. The van der Waals surface area contributed by atoms with Gasteiger partial charge in [0.15, 0.2) is 0 Å². The summed E-state index contributed by atoms with van der Waals surface area (Å²) < 4.78 is 15.3. The maximum absolute atomic E-state index is 13.1. The van der Waals surface area contributed by atoms with Crippen molar-refractivity contribution in [2.75, 3.05) is 23.3 Å². The number of benzene rings is 1. The molecular formula is C28H41N5O4S. The number of anilines is 2. The molecule has 1 heterocycles. The number of carbonyl (C=O) groups excluding carboxylic acids is 1. The van der Waals surface area contributed by atoms with Gasteiger partial charge in [0.25, 0.3) is 5.91 Å². The first-order chi connectivity index (χ1) is 18.4. The molecule has 9 nitrogen and oxygen atoms in total. The molecule has 208 valence electrons. The van der Waals surface area contributed by atoms with E-state index in [-0.39, 0.29) is 12.3 Å². The number of carboxylic acid groups (broad SMARTS) is 1. The zero-order valence-corrected chi connectivity index (χ0v) is 23.6. The molecule has 1 amide bonds. The van der Waals surface area contributed by atoms with Gasteiger partial charge in [-0.2, -0.15) is 0 Å². The predicted molar refractivity (Wildman–Crippen MR) is 151 cm³/mol. The largest absolute Gasteiger partial charge is 0.481 e. The van der Waals surface area contributed by atoms with E-state index in [9.17, 15) is 13.8 Å². The van der Waals surface area contributed by atoms with Crippen LogP contribution in [0.2, 0.25) is 0 Å². The van der Waals surface area contributed by atoms with Crippen LogP contribution < -0.4 is 14.9 Å². The van der Waals surface area contributed by atoms with E-state index in [1.807, 2.05) is 20.8 Å². The summed E-state index contributed by atoms with van der Waals surface area (Å²) in [4.78, 5) is 35.4. The zero-order chi connectivity index (χ0) is 27.5. The normalized spacial score (nSPS) is 16.2. The second kappa shape index (κ2) is 14.9. The average Bonchev–Trinajstić information content (AvgIpc) is 3.76. The Kier molecular flexibility index (Phi) is 11.7. The number of hydrogen-bond donors (Lipinski definition) is 3. The number of hydrogen-bond acceptors (Lipinski definition) is 6. The molecule has 2 fully saturated rings. The molecular weight excluding hydrogens is 502 g/mol. The van der Waals surface area contributed by atoms with Gasteiger partial charge < -0.3 is 15.3 Å². The molecule has 1 unspecified atom stereocenters. The fourth-order valence-electron chi connectivity index (χ4n) is 4.60. The van der Waals surface area contributed by atoms with Crippen molar-refractivity contribution in [1.29, 1.82) is 0 Å². The van der Waals surface area contributed by atoms with Crippen molar-refractivity contribution in [2.24, 2.45) is 5.92 Å². The van der Waals surface area contributed by atoms with E-state index in [1.54, 1.807) is 24.3 Å². The fourth-order valence-corrected chi connectivity index (χ4v) is 5.57. The Bertz CT molecular complexity index is 1100. The molecule has 4 rings (SSSR count). The highest BCUT2D eigenvalue weighted by molar-refractivity contribution is 7.83. The van der Waals surface area contributed by atoms with Crippen LogP contribution in [0.3, 0.4) is 0 Å². The molecule has 38 heavy (non-hydrogen) atoms. The van der Waals surface area contributed by atoms with Crippen LogP contribution in [-0.2, 0) is 15.8 Å². The number of carbonyl (C=O) groups is 2. The van der Waals surface area contributed by atoms with Gasteiger partial charge >= 0.3 is 5.97 Å². The first-order valence-electron chi connectivity index (χ1n) is 13.8. The standard InChI is InChI=1S/C26H35N5O4S.C2H6/c1-18-14-21(36(35)29-13-5-8-25(32)33)11-12-22(18)30-26(34)23-15-24(28-17-27-23)31(16-19-9-10-19)20-6-3-2-4-7-20;1-2/h11-12,14-15,17,19-20,29H,2-10,13,16H2,1H3,(H,30,34)(H,32,33);1-2H3. The van der Waals surface area contributed by atoms with Gasteiger partial charge in [-0.3, -0.25) is 9.59 Å². The Hall–Kier alpha value is -2.85. The Labute approximate surface area is 228 Å². The predicted octanol–water partition coefficient (Wildman–Crippen LogP) is 5.09. The molecule has 1 aromatic carbocycles. The molecule has 10 heteroatoms. The number of amides is 1. The highest BCUT2D eigenvalue weighted by atomic mass is 32.2. The van der Waals surface area contributed by atoms with Gasteiger partial charge in [-0.25, -0.2) is 18.9 Å². The first-order valence-corrected chi connectivity index (χ1v) is 14.9. The van der Waals surface area contributed by atoms with E-state index < -0.39 is 17.0 Å². The molecule has 2 aliphatic carbocycles. The average molecular weight is 544 g/mol. The lowest BCUT2D eigenvalue weighted by Crippen LogP contribution is -2.39. The molecule has 0 bridgehead atoms. The molecule has 1 atom stereocenters. The molecule has 0 radical (unpaired) electrons. The van der Waals surface area contributed by atoms with Crippen LogP contribution in [0.25, 0.3) is 0 Å². The van der Waals surface area contributed by atoms with Gasteiger partial charge in [-0.05, 0) is 68.7 Å².